The summed E-state index contributed by atoms with van der Waals surface area (Å²) in [6, 6.07) is 10.9. The number of carbonyl (C=O) groups excluding carboxylic acids is 3. The SMILES string of the molecule is CCC(=O)Nc1ccc(O)c(C(=O)Nc2cccc(C(=O)N(CC)CC)c2)c1. The lowest BCUT2D eigenvalue weighted by atomic mass is 10.1. The molecule has 2 aromatic carbocycles. The number of benzene rings is 2. The van der Waals surface area contributed by atoms with Crippen LogP contribution >= 0.6 is 0 Å². The Hall–Kier alpha value is -3.35. The van der Waals surface area contributed by atoms with Crippen LogP contribution in [0, 0.1) is 0 Å². The van der Waals surface area contributed by atoms with Crippen LogP contribution in [0.5, 0.6) is 5.75 Å². The molecule has 28 heavy (non-hydrogen) atoms. The number of anilines is 2. The topological polar surface area (TPSA) is 98.7 Å². The number of carbonyl (C=O) groups is 3. The first-order valence-electron chi connectivity index (χ1n) is 9.23. The molecule has 0 saturated heterocycles. The van der Waals surface area contributed by atoms with Gasteiger partial charge in [0, 0.05) is 36.4 Å². The number of hydrogen-bond donors (Lipinski definition) is 3. The normalized spacial score (nSPS) is 10.2. The summed E-state index contributed by atoms with van der Waals surface area (Å²) < 4.78 is 0. The van der Waals surface area contributed by atoms with Crippen LogP contribution in [0.25, 0.3) is 0 Å². The van der Waals surface area contributed by atoms with Crippen molar-refractivity contribution in [3.63, 3.8) is 0 Å². The van der Waals surface area contributed by atoms with Gasteiger partial charge in [-0.15, -0.1) is 0 Å². The minimum Gasteiger partial charge on any atom is -0.507 e. The molecule has 0 heterocycles. The third-order valence-electron chi connectivity index (χ3n) is 4.26. The number of aromatic hydroxyl groups is 1. The molecule has 0 radical (unpaired) electrons. The van der Waals surface area contributed by atoms with E-state index < -0.39 is 5.91 Å². The van der Waals surface area contributed by atoms with E-state index in [1.165, 1.54) is 18.2 Å². The lowest BCUT2D eigenvalue weighted by Crippen LogP contribution is -2.30. The lowest BCUT2D eigenvalue weighted by molar-refractivity contribution is -0.115. The van der Waals surface area contributed by atoms with Crippen molar-refractivity contribution in [2.45, 2.75) is 27.2 Å². The van der Waals surface area contributed by atoms with Gasteiger partial charge in [-0.1, -0.05) is 13.0 Å². The van der Waals surface area contributed by atoms with Gasteiger partial charge in [0.25, 0.3) is 11.8 Å². The molecule has 3 N–H and O–H groups in total. The van der Waals surface area contributed by atoms with Crippen molar-refractivity contribution in [1.82, 2.24) is 4.90 Å². The number of nitrogens with one attached hydrogen (secondary N) is 2. The number of amides is 3. The molecule has 0 fully saturated rings. The Labute approximate surface area is 164 Å². The maximum atomic E-state index is 12.6. The van der Waals surface area contributed by atoms with Gasteiger partial charge in [-0.25, -0.2) is 0 Å². The van der Waals surface area contributed by atoms with Crippen LogP contribution in [0.3, 0.4) is 0 Å². The Morgan fingerprint density at radius 3 is 2.25 bits per heavy atom. The fourth-order valence-corrected chi connectivity index (χ4v) is 2.67. The standard InChI is InChI=1S/C21H25N3O4/c1-4-19(26)22-16-10-11-18(25)17(13-16)20(27)23-15-9-7-8-14(12-15)21(28)24(5-2)6-3/h7-13,25H,4-6H2,1-3H3,(H,22,26)(H,23,27). The van der Waals surface area contributed by atoms with Crippen LogP contribution in [0.4, 0.5) is 11.4 Å². The van der Waals surface area contributed by atoms with Crippen molar-refractivity contribution in [2.75, 3.05) is 23.7 Å². The summed E-state index contributed by atoms with van der Waals surface area (Å²) in [6.45, 7) is 6.71. The predicted molar refractivity (Wildman–Crippen MR) is 109 cm³/mol. The zero-order valence-electron chi connectivity index (χ0n) is 16.3. The number of rotatable bonds is 7. The molecule has 0 aliphatic heterocycles. The second-order valence-corrected chi connectivity index (χ2v) is 6.15. The first kappa shape index (κ1) is 21.0. The molecular formula is C21H25N3O4. The Morgan fingerprint density at radius 2 is 1.61 bits per heavy atom. The van der Waals surface area contributed by atoms with Crippen molar-refractivity contribution in [3.8, 4) is 5.75 Å². The van der Waals surface area contributed by atoms with Gasteiger partial charge in [0.1, 0.15) is 5.75 Å². The molecule has 0 atom stereocenters. The average molecular weight is 383 g/mol. The minimum atomic E-state index is -0.544. The van der Waals surface area contributed by atoms with E-state index in [1.807, 2.05) is 13.8 Å². The summed E-state index contributed by atoms with van der Waals surface area (Å²) in [6.07, 6.45) is 0.301. The van der Waals surface area contributed by atoms with Gasteiger partial charge in [-0.2, -0.15) is 0 Å². The van der Waals surface area contributed by atoms with Crippen LogP contribution in [0.1, 0.15) is 47.9 Å². The lowest BCUT2D eigenvalue weighted by Gasteiger charge is -2.19. The molecule has 0 unspecified atom stereocenters. The second-order valence-electron chi connectivity index (χ2n) is 6.15. The van der Waals surface area contributed by atoms with Crippen molar-refractivity contribution in [1.29, 1.82) is 0 Å². The molecule has 148 valence electrons. The highest BCUT2D eigenvalue weighted by molar-refractivity contribution is 6.07. The smallest absolute Gasteiger partial charge is 0.259 e. The monoisotopic (exact) mass is 383 g/mol. The van der Waals surface area contributed by atoms with Gasteiger partial charge >= 0.3 is 0 Å². The largest absolute Gasteiger partial charge is 0.507 e. The van der Waals surface area contributed by atoms with Gasteiger partial charge < -0.3 is 20.6 Å². The van der Waals surface area contributed by atoms with E-state index in [4.69, 9.17) is 0 Å². The second kappa shape index (κ2) is 9.55. The molecule has 2 rings (SSSR count). The molecule has 0 aliphatic carbocycles. The third-order valence-corrected chi connectivity index (χ3v) is 4.26. The molecule has 7 heteroatoms. The highest BCUT2D eigenvalue weighted by atomic mass is 16.3. The fourth-order valence-electron chi connectivity index (χ4n) is 2.67. The molecule has 0 spiro atoms. The highest BCUT2D eigenvalue weighted by Crippen LogP contribution is 2.23. The third kappa shape index (κ3) is 5.09. The van der Waals surface area contributed by atoms with E-state index in [2.05, 4.69) is 10.6 Å². The quantitative estimate of drug-likeness (QED) is 0.638. The van der Waals surface area contributed by atoms with Crippen LogP contribution in [0.2, 0.25) is 0 Å². The van der Waals surface area contributed by atoms with E-state index in [1.54, 1.807) is 36.1 Å². The fraction of sp³-hybridized carbons (Fsp3) is 0.286. The van der Waals surface area contributed by atoms with E-state index in [-0.39, 0.29) is 23.1 Å². The first-order valence-corrected chi connectivity index (χ1v) is 9.23. The predicted octanol–water partition coefficient (Wildman–Crippen LogP) is 3.48. The maximum absolute atomic E-state index is 12.6. The highest BCUT2D eigenvalue weighted by Gasteiger charge is 2.16. The molecule has 0 aromatic heterocycles. The van der Waals surface area contributed by atoms with Crippen LogP contribution in [-0.4, -0.2) is 40.8 Å². The van der Waals surface area contributed by atoms with Gasteiger partial charge in [-0.3, -0.25) is 14.4 Å². The summed E-state index contributed by atoms with van der Waals surface area (Å²) in [7, 11) is 0. The summed E-state index contributed by atoms with van der Waals surface area (Å²) in [5, 5.41) is 15.3. The summed E-state index contributed by atoms with van der Waals surface area (Å²) in [5.41, 5.74) is 1.34. The molecule has 3 amide bonds. The van der Waals surface area contributed by atoms with Gasteiger partial charge in [-0.05, 0) is 50.2 Å². The van der Waals surface area contributed by atoms with E-state index in [0.29, 0.717) is 36.4 Å². The molecule has 7 nitrogen and oxygen atoms in total. The molecule has 0 saturated carbocycles. The van der Waals surface area contributed by atoms with E-state index >= 15 is 0 Å². The summed E-state index contributed by atoms with van der Waals surface area (Å²) in [4.78, 5) is 38.3. The van der Waals surface area contributed by atoms with Crippen LogP contribution in [-0.2, 0) is 4.79 Å². The molecule has 2 aromatic rings. The maximum Gasteiger partial charge on any atom is 0.259 e. The van der Waals surface area contributed by atoms with Crippen molar-refractivity contribution >= 4 is 29.1 Å². The Bertz CT molecular complexity index is 876. The first-order chi connectivity index (χ1) is 13.4. The molecule has 0 bridgehead atoms. The van der Waals surface area contributed by atoms with Crippen molar-refractivity contribution in [3.05, 3.63) is 53.6 Å². The van der Waals surface area contributed by atoms with Crippen LogP contribution in [0.15, 0.2) is 42.5 Å². The average Bonchev–Trinajstić information content (AvgIpc) is 2.70. The van der Waals surface area contributed by atoms with Gasteiger partial charge in [0.05, 0.1) is 5.56 Å². The van der Waals surface area contributed by atoms with Gasteiger partial charge in [0.15, 0.2) is 0 Å². The Morgan fingerprint density at radius 1 is 0.929 bits per heavy atom. The molecule has 0 aliphatic rings. The number of phenolic OH excluding ortho intramolecular Hbond substituents is 1. The number of hydrogen-bond acceptors (Lipinski definition) is 4. The van der Waals surface area contributed by atoms with E-state index in [0.717, 1.165) is 0 Å². The zero-order valence-corrected chi connectivity index (χ0v) is 16.3. The van der Waals surface area contributed by atoms with Gasteiger partial charge in [0.2, 0.25) is 5.91 Å². The van der Waals surface area contributed by atoms with E-state index in [9.17, 15) is 19.5 Å². The molecular weight excluding hydrogens is 358 g/mol. The minimum absolute atomic E-state index is 0.0226. The summed E-state index contributed by atoms with van der Waals surface area (Å²) in [5.74, 6) is -1.06. The number of nitrogens with zero attached hydrogens (tertiary/aromatic N) is 1. The van der Waals surface area contributed by atoms with Crippen molar-refractivity contribution in [2.24, 2.45) is 0 Å². The summed E-state index contributed by atoms with van der Waals surface area (Å²) >= 11 is 0. The Kier molecular flexibility index (Phi) is 7.14. The Balaban J connectivity index is 2.21. The number of phenols is 1. The zero-order chi connectivity index (χ0) is 20.7. The van der Waals surface area contributed by atoms with Crippen molar-refractivity contribution < 1.29 is 19.5 Å². The van der Waals surface area contributed by atoms with Crippen LogP contribution < -0.4 is 10.6 Å².